The molecule has 2 heterocycles. The highest BCUT2D eigenvalue weighted by Gasteiger charge is 2.22. The normalized spacial score (nSPS) is 14.1. The molecule has 2 amide bonds. The van der Waals surface area contributed by atoms with Gasteiger partial charge in [0.15, 0.2) is 0 Å². The smallest absolute Gasteiger partial charge is 0.315 e. The Kier molecular flexibility index (Phi) is 3.37. The van der Waals surface area contributed by atoms with E-state index < -0.39 is 0 Å². The molecule has 0 bridgehead atoms. The monoisotopic (exact) mass is 271 g/mol. The Bertz CT molecular complexity index is 600. The fourth-order valence-corrected chi connectivity index (χ4v) is 1.90. The summed E-state index contributed by atoms with van der Waals surface area (Å²) in [6, 6.07) is 4.17. The second kappa shape index (κ2) is 5.32. The molecule has 0 aromatic carbocycles. The van der Waals surface area contributed by atoms with E-state index in [2.05, 4.69) is 20.7 Å². The number of urea groups is 1. The number of aromatic nitrogens is 3. The lowest BCUT2D eigenvalue weighted by molar-refractivity contribution is 0.240. The average Bonchev–Trinajstić information content (AvgIpc) is 3.16. The summed E-state index contributed by atoms with van der Waals surface area (Å²) in [5.74, 6) is 0. The minimum absolute atomic E-state index is 0.108. The van der Waals surface area contributed by atoms with Crippen molar-refractivity contribution in [2.45, 2.75) is 25.4 Å². The van der Waals surface area contributed by atoms with Crippen LogP contribution in [0.25, 0.3) is 11.3 Å². The van der Waals surface area contributed by atoms with Crippen molar-refractivity contribution in [3.05, 3.63) is 36.3 Å². The lowest BCUT2D eigenvalue weighted by Crippen LogP contribution is -2.36. The second-order valence-electron chi connectivity index (χ2n) is 5.06. The van der Waals surface area contributed by atoms with Crippen LogP contribution in [0.3, 0.4) is 0 Å². The van der Waals surface area contributed by atoms with Gasteiger partial charge in [0.05, 0.1) is 11.9 Å². The van der Waals surface area contributed by atoms with Crippen LogP contribution in [-0.2, 0) is 13.6 Å². The lowest BCUT2D eigenvalue weighted by Gasteiger charge is -2.06. The highest BCUT2D eigenvalue weighted by Crippen LogP contribution is 2.18. The molecule has 2 aromatic heterocycles. The number of rotatable bonds is 4. The maximum absolute atomic E-state index is 11.5. The van der Waals surface area contributed by atoms with Crippen molar-refractivity contribution in [2.24, 2.45) is 7.05 Å². The fourth-order valence-electron chi connectivity index (χ4n) is 1.90. The van der Waals surface area contributed by atoms with Gasteiger partial charge >= 0.3 is 6.03 Å². The van der Waals surface area contributed by atoms with Crippen LogP contribution in [0.2, 0.25) is 0 Å². The predicted octanol–water partition coefficient (Wildman–Crippen LogP) is 1.44. The van der Waals surface area contributed by atoms with Crippen molar-refractivity contribution < 1.29 is 4.79 Å². The van der Waals surface area contributed by atoms with Gasteiger partial charge in [0, 0.05) is 37.6 Å². The fraction of sp³-hybridized carbons (Fsp3) is 0.357. The van der Waals surface area contributed by atoms with E-state index in [9.17, 15) is 4.79 Å². The summed E-state index contributed by atoms with van der Waals surface area (Å²) >= 11 is 0. The summed E-state index contributed by atoms with van der Waals surface area (Å²) in [5.41, 5.74) is 2.84. The zero-order valence-electron chi connectivity index (χ0n) is 11.3. The molecule has 6 heteroatoms. The molecule has 0 atom stereocenters. The Labute approximate surface area is 117 Å². The van der Waals surface area contributed by atoms with Crippen LogP contribution >= 0.6 is 0 Å². The van der Waals surface area contributed by atoms with E-state index in [0.717, 1.165) is 29.7 Å². The van der Waals surface area contributed by atoms with Gasteiger partial charge < -0.3 is 10.6 Å². The van der Waals surface area contributed by atoms with Crippen molar-refractivity contribution in [3.63, 3.8) is 0 Å². The lowest BCUT2D eigenvalue weighted by atomic mass is 10.2. The van der Waals surface area contributed by atoms with Crippen molar-refractivity contribution in [2.75, 3.05) is 0 Å². The molecule has 0 saturated heterocycles. The highest BCUT2D eigenvalue weighted by molar-refractivity contribution is 5.74. The van der Waals surface area contributed by atoms with Gasteiger partial charge in [-0.2, -0.15) is 5.10 Å². The largest absolute Gasteiger partial charge is 0.335 e. The molecule has 0 spiro atoms. The zero-order chi connectivity index (χ0) is 13.9. The molecule has 20 heavy (non-hydrogen) atoms. The summed E-state index contributed by atoms with van der Waals surface area (Å²) in [5, 5.41) is 9.83. The molecule has 6 nitrogen and oxygen atoms in total. The number of pyridine rings is 1. The molecular weight excluding hydrogens is 254 g/mol. The standard InChI is InChI=1S/C14H17N5O/c1-19-9-11(8-17-19)13-5-2-10(6-15-13)7-16-14(20)18-12-3-4-12/h2,5-6,8-9,12H,3-4,7H2,1H3,(H2,16,18,20). The third kappa shape index (κ3) is 3.14. The Morgan fingerprint density at radius 3 is 2.85 bits per heavy atom. The third-order valence-corrected chi connectivity index (χ3v) is 3.19. The van der Waals surface area contributed by atoms with Crippen LogP contribution in [0.15, 0.2) is 30.7 Å². The van der Waals surface area contributed by atoms with Gasteiger partial charge in [0.2, 0.25) is 0 Å². The zero-order valence-corrected chi connectivity index (χ0v) is 11.3. The molecule has 1 aliphatic carbocycles. The van der Waals surface area contributed by atoms with Gasteiger partial charge in [-0.25, -0.2) is 4.79 Å². The van der Waals surface area contributed by atoms with Crippen molar-refractivity contribution in [1.82, 2.24) is 25.4 Å². The maximum atomic E-state index is 11.5. The summed E-state index contributed by atoms with van der Waals surface area (Å²) in [6.07, 6.45) is 7.66. The van der Waals surface area contributed by atoms with Crippen molar-refractivity contribution in [3.8, 4) is 11.3 Å². The number of amides is 2. The van der Waals surface area contributed by atoms with E-state index >= 15 is 0 Å². The Morgan fingerprint density at radius 2 is 2.25 bits per heavy atom. The van der Waals surface area contributed by atoms with Crippen LogP contribution in [0.5, 0.6) is 0 Å². The molecule has 1 fully saturated rings. The van der Waals surface area contributed by atoms with E-state index in [0.29, 0.717) is 12.6 Å². The molecule has 0 unspecified atom stereocenters. The Morgan fingerprint density at radius 1 is 1.40 bits per heavy atom. The van der Waals surface area contributed by atoms with E-state index in [1.54, 1.807) is 17.1 Å². The van der Waals surface area contributed by atoms with Crippen molar-refractivity contribution in [1.29, 1.82) is 0 Å². The number of carbonyl (C=O) groups is 1. The summed E-state index contributed by atoms with van der Waals surface area (Å²) in [7, 11) is 1.88. The van der Waals surface area contributed by atoms with E-state index in [-0.39, 0.29) is 6.03 Å². The summed E-state index contributed by atoms with van der Waals surface area (Å²) in [6.45, 7) is 0.485. The van der Waals surface area contributed by atoms with Gasteiger partial charge in [-0.15, -0.1) is 0 Å². The van der Waals surface area contributed by atoms with Crippen LogP contribution in [0.1, 0.15) is 18.4 Å². The predicted molar refractivity (Wildman–Crippen MR) is 74.8 cm³/mol. The first-order valence-corrected chi connectivity index (χ1v) is 6.69. The first kappa shape index (κ1) is 12.7. The first-order chi connectivity index (χ1) is 9.70. The van der Waals surface area contributed by atoms with Gasteiger partial charge in [0.25, 0.3) is 0 Å². The molecule has 104 valence electrons. The first-order valence-electron chi connectivity index (χ1n) is 6.69. The number of hydrogen-bond acceptors (Lipinski definition) is 3. The SMILES string of the molecule is Cn1cc(-c2ccc(CNC(=O)NC3CC3)cn2)cn1. The number of nitrogens with zero attached hydrogens (tertiary/aromatic N) is 3. The number of carbonyl (C=O) groups excluding carboxylic acids is 1. The van der Waals surface area contributed by atoms with Gasteiger partial charge in [-0.05, 0) is 24.5 Å². The van der Waals surface area contributed by atoms with Crippen LogP contribution in [-0.4, -0.2) is 26.8 Å². The third-order valence-electron chi connectivity index (χ3n) is 3.19. The minimum Gasteiger partial charge on any atom is -0.335 e. The maximum Gasteiger partial charge on any atom is 0.315 e. The van der Waals surface area contributed by atoms with E-state index in [1.165, 1.54) is 0 Å². The quantitative estimate of drug-likeness (QED) is 0.884. The van der Waals surface area contributed by atoms with Crippen molar-refractivity contribution >= 4 is 6.03 Å². The number of nitrogens with one attached hydrogen (secondary N) is 2. The summed E-state index contributed by atoms with van der Waals surface area (Å²) in [4.78, 5) is 15.9. The van der Waals surface area contributed by atoms with Crippen LogP contribution in [0.4, 0.5) is 4.79 Å². The molecule has 2 N–H and O–H groups in total. The average molecular weight is 271 g/mol. The molecule has 0 radical (unpaired) electrons. The molecular formula is C14H17N5O. The molecule has 2 aromatic rings. The summed E-state index contributed by atoms with van der Waals surface area (Å²) < 4.78 is 1.74. The van der Waals surface area contributed by atoms with E-state index in [1.807, 2.05) is 25.4 Å². The van der Waals surface area contributed by atoms with Gasteiger partial charge in [0.1, 0.15) is 0 Å². The molecule has 1 saturated carbocycles. The Balaban J connectivity index is 1.56. The van der Waals surface area contributed by atoms with Gasteiger partial charge in [-0.1, -0.05) is 6.07 Å². The van der Waals surface area contributed by atoms with Crippen LogP contribution < -0.4 is 10.6 Å². The second-order valence-corrected chi connectivity index (χ2v) is 5.06. The molecule has 0 aliphatic heterocycles. The Hall–Kier alpha value is -2.37. The van der Waals surface area contributed by atoms with Crippen LogP contribution in [0, 0.1) is 0 Å². The molecule has 1 aliphatic rings. The number of hydrogen-bond donors (Lipinski definition) is 2. The van der Waals surface area contributed by atoms with Gasteiger partial charge in [-0.3, -0.25) is 9.67 Å². The van der Waals surface area contributed by atoms with E-state index in [4.69, 9.17) is 0 Å². The highest BCUT2D eigenvalue weighted by atomic mass is 16.2. The topological polar surface area (TPSA) is 71.8 Å². The molecule has 3 rings (SSSR count). The number of aryl methyl sites for hydroxylation is 1. The minimum atomic E-state index is -0.108.